The molecule has 5 aromatic rings. The highest BCUT2D eigenvalue weighted by Crippen LogP contribution is 2.31. The fraction of sp³-hybridized carbons (Fsp3) is 0.0741. The Balaban J connectivity index is 1.34. The molecule has 0 bridgehead atoms. The Morgan fingerprint density at radius 1 is 0.879 bits per heavy atom. The maximum atomic E-state index is 11.0. The van der Waals surface area contributed by atoms with Crippen molar-refractivity contribution < 1.29 is 14.4 Å². The lowest BCUT2D eigenvalue weighted by atomic mass is 9.95. The van der Waals surface area contributed by atoms with E-state index in [4.69, 9.17) is 9.63 Å². The number of benzene rings is 4. The van der Waals surface area contributed by atoms with Crippen LogP contribution in [0.4, 0.5) is 11.4 Å². The molecule has 0 radical (unpaired) electrons. The minimum absolute atomic E-state index is 0.0351. The number of hydrogen-bond donors (Lipinski definition) is 2. The van der Waals surface area contributed by atoms with Gasteiger partial charge in [0, 0.05) is 16.9 Å². The predicted molar refractivity (Wildman–Crippen MR) is 128 cm³/mol. The van der Waals surface area contributed by atoms with Crippen molar-refractivity contribution in [2.75, 3.05) is 5.32 Å². The SMILES string of the molecule is CC(c1nc(-c2ccc(Nc3ccc(C(=O)O)cc3)cc2)no1)c1cccc2ccccc12. The number of fused-ring (bicyclic) bond motifs is 1. The van der Waals surface area contributed by atoms with Crippen molar-refractivity contribution in [3.8, 4) is 11.4 Å². The van der Waals surface area contributed by atoms with E-state index in [1.165, 1.54) is 10.8 Å². The predicted octanol–water partition coefficient (Wildman–Crippen LogP) is 6.48. The molecule has 1 heterocycles. The number of rotatable bonds is 6. The molecule has 2 N–H and O–H groups in total. The molecule has 0 saturated carbocycles. The first-order chi connectivity index (χ1) is 16.1. The zero-order valence-electron chi connectivity index (χ0n) is 17.9. The van der Waals surface area contributed by atoms with Gasteiger partial charge in [0.15, 0.2) is 0 Å². The fourth-order valence-corrected chi connectivity index (χ4v) is 3.85. The Labute approximate surface area is 190 Å². The number of aromatic nitrogens is 2. The number of carboxylic acids is 1. The molecule has 4 aromatic carbocycles. The number of carbonyl (C=O) groups is 1. The normalized spacial score (nSPS) is 11.9. The second-order valence-electron chi connectivity index (χ2n) is 7.83. The van der Waals surface area contributed by atoms with Gasteiger partial charge in [0.05, 0.1) is 11.5 Å². The van der Waals surface area contributed by atoms with Crippen molar-refractivity contribution in [3.05, 3.63) is 108 Å². The Morgan fingerprint density at radius 2 is 1.55 bits per heavy atom. The molecule has 0 fully saturated rings. The maximum Gasteiger partial charge on any atom is 0.335 e. The van der Waals surface area contributed by atoms with Crippen molar-refractivity contribution in [3.63, 3.8) is 0 Å². The Bertz CT molecular complexity index is 1420. The van der Waals surface area contributed by atoms with Crippen LogP contribution in [0, 0.1) is 0 Å². The number of carboxylic acid groups (broad SMARTS) is 1. The lowest BCUT2D eigenvalue weighted by Gasteiger charge is -2.10. The Kier molecular flexibility index (Phi) is 5.32. The average Bonchev–Trinajstić information content (AvgIpc) is 3.34. The van der Waals surface area contributed by atoms with Gasteiger partial charge in [-0.15, -0.1) is 0 Å². The van der Waals surface area contributed by atoms with Gasteiger partial charge in [0.2, 0.25) is 11.7 Å². The van der Waals surface area contributed by atoms with Crippen molar-refractivity contribution in [2.45, 2.75) is 12.8 Å². The van der Waals surface area contributed by atoms with E-state index >= 15 is 0 Å². The number of hydrogen-bond acceptors (Lipinski definition) is 5. The molecule has 6 heteroatoms. The van der Waals surface area contributed by atoms with Gasteiger partial charge >= 0.3 is 5.97 Å². The summed E-state index contributed by atoms with van der Waals surface area (Å²) in [5, 5.41) is 18.8. The molecule has 162 valence electrons. The lowest BCUT2D eigenvalue weighted by Crippen LogP contribution is -1.98. The summed E-state index contributed by atoms with van der Waals surface area (Å²) in [5.41, 5.74) is 3.92. The smallest absolute Gasteiger partial charge is 0.335 e. The Morgan fingerprint density at radius 3 is 2.27 bits per heavy atom. The molecule has 0 spiro atoms. The maximum absolute atomic E-state index is 11.0. The van der Waals surface area contributed by atoms with E-state index in [2.05, 4.69) is 46.6 Å². The molecular formula is C27H21N3O3. The van der Waals surface area contributed by atoms with Crippen molar-refractivity contribution in [1.29, 1.82) is 0 Å². The Hall–Kier alpha value is -4.45. The van der Waals surface area contributed by atoms with Crippen LogP contribution >= 0.6 is 0 Å². The van der Waals surface area contributed by atoms with E-state index in [9.17, 15) is 4.79 Å². The topological polar surface area (TPSA) is 88.2 Å². The summed E-state index contributed by atoms with van der Waals surface area (Å²) < 4.78 is 5.62. The number of nitrogens with zero attached hydrogens (tertiary/aromatic N) is 2. The van der Waals surface area contributed by atoms with Gasteiger partial charge in [0.1, 0.15) is 0 Å². The monoisotopic (exact) mass is 435 g/mol. The first kappa shape index (κ1) is 20.5. The van der Waals surface area contributed by atoms with E-state index in [0.717, 1.165) is 22.5 Å². The van der Waals surface area contributed by atoms with Gasteiger partial charge in [-0.25, -0.2) is 4.79 Å². The summed E-state index contributed by atoms with van der Waals surface area (Å²) in [7, 11) is 0. The molecule has 1 atom stereocenters. The zero-order valence-corrected chi connectivity index (χ0v) is 17.9. The first-order valence-electron chi connectivity index (χ1n) is 10.6. The van der Waals surface area contributed by atoms with Crippen LogP contribution in [-0.2, 0) is 0 Å². The molecule has 0 amide bonds. The van der Waals surface area contributed by atoms with Crippen molar-refractivity contribution in [2.24, 2.45) is 0 Å². The van der Waals surface area contributed by atoms with Crippen LogP contribution < -0.4 is 5.32 Å². The van der Waals surface area contributed by atoms with Crippen LogP contribution in [0.15, 0.2) is 95.5 Å². The van der Waals surface area contributed by atoms with Crippen LogP contribution in [0.1, 0.15) is 34.7 Å². The number of nitrogens with one attached hydrogen (secondary N) is 1. The van der Waals surface area contributed by atoms with Crippen LogP contribution in [-0.4, -0.2) is 21.2 Å². The van der Waals surface area contributed by atoms with Gasteiger partial charge in [-0.3, -0.25) is 0 Å². The largest absolute Gasteiger partial charge is 0.478 e. The highest BCUT2D eigenvalue weighted by Gasteiger charge is 2.19. The lowest BCUT2D eigenvalue weighted by molar-refractivity contribution is 0.0697. The van der Waals surface area contributed by atoms with E-state index in [1.807, 2.05) is 42.5 Å². The number of aromatic carboxylic acids is 1. The van der Waals surface area contributed by atoms with Crippen LogP contribution in [0.5, 0.6) is 0 Å². The standard InChI is InChI=1S/C27H21N3O3/c1-17(23-8-4-6-18-5-2-3-7-24(18)23)26-29-25(30-33-26)19-9-13-21(14-10-19)28-22-15-11-20(12-16-22)27(31)32/h2-17,28H,1H3,(H,31,32). The molecule has 6 nitrogen and oxygen atoms in total. The molecule has 0 aliphatic heterocycles. The van der Waals surface area contributed by atoms with E-state index < -0.39 is 5.97 Å². The summed E-state index contributed by atoms with van der Waals surface area (Å²) in [4.78, 5) is 15.6. The highest BCUT2D eigenvalue weighted by molar-refractivity contribution is 5.88. The van der Waals surface area contributed by atoms with Crippen LogP contribution in [0.3, 0.4) is 0 Å². The molecule has 1 aromatic heterocycles. The molecule has 5 rings (SSSR count). The molecule has 0 aliphatic rings. The molecule has 0 saturated heterocycles. The minimum atomic E-state index is -0.944. The first-order valence-corrected chi connectivity index (χ1v) is 10.6. The van der Waals surface area contributed by atoms with Crippen LogP contribution in [0.2, 0.25) is 0 Å². The number of anilines is 2. The van der Waals surface area contributed by atoms with Gasteiger partial charge in [-0.2, -0.15) is 4.98 Å². The second-order valence-corrected chi connectivity index (χ2v) is 7.83. The van der Waals surface area contributed by atoms with E-state index in [0.29, 0.717) is 11.7 Å². The summed E-state index contributed by atoms with van der Waals surface area (Å²) in [6, 6.07) is 28.8. The molecule has 0 aliphatic carbocycles. The molecular weight excluding hydrogens is 414 g/mol. The van der Waals surface area contributed by atoms with Crippen LogP contribution in [0.25, 0.3) is 22.2 Å². The third kappa shape index (κ3) is 4.19. The molecule has 33 heavy (non-hydrogen) atoms. The fourth-order valence-electron chi connectivity index (χ4n) is 3.85. The third-order valence-electron chi connectivity index (χ3n) is 5.67. The third-order valence-corrected chi connectivity index (χ3v) is 5.67. The van der Waals surface area contributed by atoms with Crippen molar-refractivity contribution in [1.82, 2.24) is 10.1 Å². The van der Waals surface area contributed by atoms with Gasteiger partial charge < -0.3 is 14.9 Å². The summed E-state index contributed by atoms with van der Waals surface area (Å²) >= 11 is 0. The zero-order chi connectivity index (χ0) is 22.8. The quantitative estimate of drug-likeness (QED) is 0.317. The summed E-state index contributed by atoms with van der Waals surface area (Å²) in [6.45, 7) is 2.07. The highest BCUT2D eigenvalue weighted by atomic mass is 16.5. The van der Waals surface area contributed by atoms with Gasteiger partial charge in [-0.05, 0) is 71.8 Å². The van der Waals surface area contributed by atoms with E-state index in [-0.39, 0.29) is 11.5 Å². The molecule has 1 unspecified atom stereocenters. The van der Waals surface area contributed by atoms with Gasteiger partial charge in [-0.1, -0.05) is 47.6 Å². The van der Waals surface area contributed by atoms with E-state index in [1.54, 1.807) is 24.3 Å². The average molecular weight is 435 g/mol. The van der Waals surface area contributed by atoms with Crippen molar-refractivity contribution >= 4 is 28.1 Å². The second kappa shape index (κ2) is 8.59. The summed E-state index contributed by atoms with van der Waals surface area (Å²) in [6.07, 6.45) is 0. The summed E-state index contributed by atoms with van der Waals surface area (Å²) in [5.74, 6) is 0.128. The van der Waals surface area contributed by atoms with Gasteiger partial charge in [0.25, 0.3) is 0 Å². The minimum Gasteiger partial charge on any atom is -0.478 e.